The van der Waals surface area contributed by atoms with Gasteiger partial charge in [-0.2, -0.15) is 0 Å². The molecule has 0 N–H and O–H groups in total. The summed E-state index contributed by atoms with van der Waals surface area (Å²) in [5.74, 6) is 0. The summed E-state index contributed by atoms with van der Waals surface area (Å²) in [5, 5.41) is 2.63. The number of hydrogen-bond acceptors (Lipinski definition) is 1. The van der Waals surface area contributed by atoms with E-state index in [1.165, 1.54) is 38.6 Å². The lowest BCUT2D eigenvalue weighted by Gasteiger charge is -2.08. The predicted molar refractivity (Wildman–Crippen MR) is 117 cm³/mol. The number of benzene rings is 4. The molecule has 1 heterocycles. The van der Waals surface area contributed by atoms with Gasteiger partial charge in [-0.05, 0) is 56.8 Å². The van der Waals surface area contributed by atoms with Crippen molar-refractivity contribution in [1.29, 1.82) is 0 Å². The summed E-state index contributed by atoms with van der Waals surface area (Å²) < 4.78 is 0. The van der Waals surface area contributed by atoms with E-state index < -0.39 is 0 Å². The van der Waals surface area contributed by atoms with Gasteiger partial charge in [0.1, 0.15) is 0 Å². The molecule has 6 rings (SSSR count). The van der Waals surface area contributed by atoms with Crippen molar-refractivity contribution in [3.8, 4) is 44.6 Å². The molecule has 1 aromatic heterocycles. The van der Waals surface area contributed by atoms with Gasteiger partial charge in [0.25, 0.3) is 0 Å². The third-order valence-electron chi connectivity index (χ3n) is 5.65. The van der Waals surface area contributed by atoms with E-state index in [-0.39, 0.29) is 0 Å². The fourth-order valence-corrected chi connectivity index (χ4v) is 4.33. The zero-order valence-electron chi connectivity index (χ0n) is 15.3. The molecular formula is C27H17N. The van der Waals surface area contributed by atoms with Crippen LogP contribution in [0.2, 0.25) is 0 Å². The van der Waals surface area contributed by atoms with Crippen molar-refractivity contribution in [3.05, 3.63) is 103 Å². The number of rotatable bonds is 2. The van der Waals surface area contributed by atoms with E-state index in [1.807, 2.05) is 12.3 Å². The van der Waals surface area contributed by atoms with Gasteiger partial charge >= 0.3 is 0 Å². The Bertz CT molecular complexity index is 1330. The van der Waals surface area contributed by atoms with Gasteiger partial charge in [-0.25, -0.2) is 0 Å². The van der Waals surface area contributed by atoms with Crippen LogP contribution in [0.25, 0.3) is 55.4 Å². The van der Waals surface area contributed by atoms with Gasteiger partial charge in [0.15, 0.2) is 0 Å². The number of fused-ring (bicyclic) bond motifs is 3. The molecule has 0 bridgehead atoms. The van der Waals surface area contributed by atoms with E-state index in [0.717, 1.165) is 16.8 Å². The number of pyridine rings is 1. The maximum atomic E-state index is 4.78. The average molecular weight is 355 g/mol. The van der Waals surface area contributed by atoms with Gasteiger partial charge in [-0.3, -0.25) is 4.98 Å². The molecule has 0 atom stereocenters. The standard InChI is InChI=1S/C27H17N/c1-2-7-18(8-3-1)20-13-14-26(28-17-20)21-15-19-9-6-12-24-22-10-4-5-11-23(22)25(16-21)27(19)24/h1-17H. The fourth-order valence-electron chi connectivity index (χ4n) is 4.33. The van der Waals surface area contributed by atoms with Crippen LogP contribution < -0.4 is 0 Å². The van der Waals surface area contributed by atoms with Crippen molar-refractivity contribution in [3.63, 3.8) is 0 Å². The SMILES string of the molecule is c1ccc(-c2ccc(-c3cc4c5c(cccc5c3)-c3ccccc3-4)nc2)cc1. The third-order valence-corrected chi connectivity index (χ3v) is 5.65. The number of aromatic nitrogens is 1. The van der Waals surface area contributed by atoms with Crippen LogP contribution in [0.5, 0.6) is 0 Å². The maximum Gasteiger partial charge on any atom is 0.0702 e. The second-order valence-electron chi connectivity index (χ2n) is 7.27. The van der Waals surface area contributed by atoms with Crippen LogP contribution in [-0.2, 0) is 0 Å². The second kappa shape index (κ2) is 5.90. The minimum Gasteiger partial charge on any atom is -0.256 e. The molecule has 0 unspecified atom stereocenters. The van der Waals surface area contributed by atoms with Crippen molar-refractivity contribution < 1.29 is 0 Å². The summed E-state index contributed by atoms with van der Waals surface area (Å²) in [7, 11) is 0. The van der Waals surface area contributed by atoms with Crippen LogP contribution in [0.1, 0.15) is 0 Å². The van der Waals surface area contributed by atoms with Crippen LogP contribution in [0.15, 0.2) is 103 Å². The highest BCUT2D eigenvalue weighted by Gasteiger charge is 2.21. The van der Waals surface area contributed by atoms with E-state index in [4.69, 9.17) is 4.98 Å². The van der Waals surface area contributed by atoms with E-state index in [1.54, 1.807) is 0 Å². The molecular weight excluding hydrogens is 338 g/mol. The summed E-state index contributed by atoms with van der Waals surface area (Å²) in [6.07, 6.45) is 1.97. The minimum absolute atomic E-state index is 1.01. The first kappa shape index (κ1) is 15.4. The summed E-state index contributed by atoms with van der Waals surface area (Å²) >= 11 is 0. The average Bonchev–Trinajstić information content (AvgIpc) is 3.10. The predicted octanol–water partition coefficient (Wildman–Crippen LogP) is 7.22. The van der Waals surface area contributed by atoms with Crippen molar-refractivity contribution in [2.45, 2.75) is 0 Å². The number of nitrogens with zero attached hydrogens (tertiary/aromatic N) is 1. The Morgan fingerprint density at radius 1 is 0.464 bits per heavy atom. The minimum atomic E-state index is 1.01. The topological polar surface area (TPSA) is 12.9 Å². The maximum absolute atomic E-state index is 4.78. The molecule has 1 heteroatoms. The van der Waals surface area contributed by atoms with Gasteiger partial charge in [-0.1, -0.05) is 78.9 Å². The van der Waals surface area contributed by atoms with Gasteiger partial charge in [0.2, 0.25) is 0 Å². The largest absolute Gasteiger partial charge is 0.256 e. The van der Waals surface area contributed by atoms with Crippen LogP contribution in [0.3, 0.4) is 0 Å². The number of hydrogen-bond donors (Lipinski definition) is 0. The molecule has 5 aromatic rings. The first-order valence-electron chi connectivity index (χ1n) is 9.57. The monoisotopic (exact) mass is 355 g/mol. The summed E-state index contributed by atoms with van der Waals surface area (Å²) in [6, 6.07) is 34.5. The lowest BCUT2D eigenvalue weighted by Crippen LogP contribution is -1.87. The lowest BCUT2D eigenvalue weighted by molar-refractivity contribution is 1.33. The van der Waals surface area contributed by atoms with Crippen LogP contribution in [0.4, 0.5) is 0 Å². The lowest BCUT2D eigenvalue weighted by atomic mass is 9.98. The quantitative estimate of drug-likeness (QED) is 0.319. The van der Waals surface area contributed by atoms with E-state index in [2.05, 4.69) is 91.0 Å². The molecule has 4 aromatic carbocycles. The van der Waals surface area contributed by atoms with Crippen LogP contribution in [-0.4, -0.2) is 4.98 Å². The zero-order chi connectivity index (χ0) is 18.5. The Morgan fingerprint density at radius 2 is 1.21 bits per heavy atom. The Labute approximate surface area is 163 Å². The first-order chi connectivity index (χ1) is 13.9. The van der Waals surface area contributed by atoms with Crippen molar-refractivity contribution >= 4 is 10.8 Å². The normalized spacial score (nSPS) is 11.6. The van der Waals surface area contributed by atoms with Crippen molar-refractivity contribution in [2.75, 3.05) is 0 Å². The molecule has 1 aliphatic carbocycles. The van der Waals surface area contributed by atoms with Crippen LogP contribution >= 0.6 is 0 Å². The molecule has 0 aliphatic heterocycles. The van der Waals surface area contributed by atoms with E-state index >= 15 is 0 Å². The van der Waals surface area contributed by atoms with Crippen LogP contribution in [0, 0.1) is 0 Å². The molecule has 0 spiro atoms. The summed E-state index contributed by atoms with van der Waals surface area (Å²) in [5.41, 5.74) is 9.79. The van der Waals surface area contributed by atoms with Gasteiger partial charge in [-0.15, -0.1) is 0 Å². The smallest absolute Gasteiger partial charge is 0.0702 e. The molecule has 0 radical (unpaired) electrons. The molecule has 0 saturated carbocycles. The highest BCUT2D eigenvalue weighted by molar-refractivity contribution is 6.16. The molecule has 1 aliphatic rings. The molecule has 130 valence electrons. The highest BCUT2D eigenvalue weighted by atomic mass is 14.7. The molecule has 1 nitrogen and oxygen atoms in total. The first-order valence-corrected chi connectivity index (χ1v) is 9.57. The Hall–Kier alpha value is -3.71. The second-order valence-corrected chi connectivity index (χ2v) is 7.27. The fraction of sp³-hybridized carbons (Fsp3) is 0. The molecule has 0 amide bonds. The van der Waals surface area contributed by atoms with Crippen molar-refractivity contribution in [1.82, 2.24) is 4.98 Å². The highest BCUT2D eigenvalue weighted by Crippen LogP contribution is 2.48. The van der Waals surface area contributed by atoms with Gasteiger partial charge in [0.05, 0.1) is 5.69 Å². The van der Waals surface area contributed by atoms with Crippen molar-refractivity contribution in [2.24, 2.45) is 0 Å². The van der Waals surface area contributed by atoms with E-state index in [0.29, 0.717) is 0 Å². The Morgan fingerprint density at radius 3 is 2.00 bits per heavy atom. The Balaban J connectivity index is 1.52. The third kappa shape index (κ3) is 2.23. The summed E-state index contributed by atoms with van der Waals surface area (Å²) in [6.45, 7) is 0. The van der Waals surface area contributed by atoms with E-state index in [9.17, 15) is 0 Å². The molecule has 28 heavy (non-hydrogen) atoms. The molecule has 0 fully saturated rings. The molecule has 0 saturated heterocycles. The van der Waals surface area contributed by atoms with Gasteiger partial charge < -0.3 is 0 Å². The Kier molecular flexibility index (Phi) is 3.24. The van der Waals surface area contributed by atoms with Gasteiger partial charge in [0, 0.05) is 17.3 Å². The summed E-state index contributed by atoms with van der Waals surface area (Å²) in [4.78, 5) is 4.78. The zero-order valence-corrected chi connectivity index (χ0v) is 15.3.